The minimum atomic E-state index is -0.786. The van der Waals surface area contributed by atoms with Crippen LogP contribution in [0.3, 0.4) is 0 Å². The first-order valence-electron chi connectivity index (χ1n) is 35.7. The quantitative estimate of drug-likeness (QED) is 0.0261. The second-order valence-corrected chi connectivity index (χ2v) is 23.8. The van der Waals surface area contributed by atoms with Crippen LogP contribution in [0.25, 0.3) is 0 Å². The van der Waals surface area contributed by atoms with Gasteiger partial charge in [0.05, 0.1) is 0 Å². The molecule has 83 heavy (non-hydrogen) atoms. The number of unbranched alkanes of at least 4 members (excludes halogenated alkanes) is 38. The molecule has 0 aromatic carbocycles. The van der Waals surface area contributed by atoms with Gasteiger partial charge in [-0.05, 0) is 83.5 Å². The van der Waals surface area contributed by atoms with Crippen LogP contribution in [0.2, 0.25) is 0 Å². The minimum absolute atomic E-state index is 0.0817. The van der Waals surface area contributed by atoms with Crippen LogP contribution in [0.1, 0.15) is 355 Å². The lowest BCUT2D eigenvalue weighted by atomic mass is 10.0. The second-order valence-electron chi connectivity index (χ2n) is 23.8. The monoisotopic (exact) mass is 1160 g/mol. The van der Waals surface area contributed by atoms with Crippen LogP contribution in [0.4, 0.5) is 0 Å². The normalized spacial score (nSPS) is 12.7. The maximum Gasteiger partial charge on any atom is 0.306 e. The van der Waals surface area contributed by atoms with E-state index in [1.54, 1.807) is 0 Å². The molecule has 6 nitrogen and oxygen atoms in total. The number of allylic oxidation sites excluding steroid dienone is 16. The van der Waals surface area contributed by atoms with E-state index in [-0.39, 0.29) is 31.1 Å². The fourth-order valence-corrected chi connectivity index (χ4v) is 10.3. The Bertz CT molecular complexity index is 1610. The van der Waals surface area contributed by atoms with Gasteiger partial charge in [-0.25, -0.2) is 0 Å². The Balaban J connectivity index is 4.21. The van der Waals surface area contributed by atoms with Crippen molar-refractivity contribution in [2.75, 3.05) is 13.2 Å². The second kappa shape index (κ2) is 70.8. The van der Waals surface area contributed by atoms with E-state index >= 15 is 0 Å². The van der Waals surface area contributed by atoms with Crippen molar-refractivity contribution in [1.29, 1.82) is 0 Å². The molecule has 0 spiro atoms. The largest absolute Gasteiger partial charge is 0.462 e. The summed E-state index contributed by atoms with van der Waals surface area (Å²) in [6.45, 7) is 6.53. The molecule has 0 aliphatic heterocycles. The number of carbonyl (C=O) groups excluding carboxylic acids is 3. The number of carbonyl (C=O) groups is 3. The number of hydrogen-bond acceptors (Lipinski definition) is 6. The van der Waals surface area contributed by atoms with E-state index in [0.717, 1.165) is 122 Å². The molecule has 0 aromatic rings. The van der Waals surface area contributed by atoms with E-state index in [9.17, 15) is 14.4 Å². The van der Waals surface area contributed by atoms with Gasteiger partial charge in [0.25, 0.3) is 0 Å². The standard InChI is InChI=1S/C77H134O6/c1-4-7-10-13-16-19-21-23-25-27-29-31-33-35-37-38-40-41-43-45-47-49-51-53-55-58-61-64-67-70-76(79)82-73-74(72-81-75(78)69-66-63-60-57-18-15-12-9-6-3)83-77(80)71-68-65-62-59-56-54-52-50-48-46-44-42-39-36-34-32-30-28-26-24-22-20-17-14-11-8-5-2/h7,10,16,19,23,25,29,31,35,37,40-41,45,47,51,53,74H,4-6,8-9,11-15,17-18,20-22,24,26-28,30,32-34,36,38-39,42-44,46,48-50,52,54-73H2,1-3H3/b10-7-,19-16-,25-23-,31-29-,37-35-,41-40-,47-45-,53-51-. The number of esters is 3. The lowest BCUT2D eigenvalue weighted by molar-refractivity contribution is -0.167. The molecule has 0 heterocycles. The molecule has 1 atom stereocenters. The van der Waals surface area contributed by atoms with Gasteiger partial charge in [-0.15, -0.1) is 0 Å². The molecular weight excluding hydrogens is 1020 g/mol. The smallest absolute Gasteiger partial charge is 0.306 e. The van der Waals surface area contributed by atoms with Crippen LogP contribution in [0, 0.1) is 0 Å². The summed E-state index contributed by atoms with van der Waals surface area (Å²) in [5.41, 5.74) is 0. The van der Waals surface area contributed by atoms with Gasteiger partial charge in [-0.1, -0.05) is 349 Å². The summed E-state index contributed by atoms with van der Waals surface area (Å²) in [5.74, 6) is -0.894. The zero-order chi connectivity index (χ0) is 59.9. The summed E-state index contributed by atoms with van der Waals surface area (Å²) in [4.78, 5) is 38.3. The van der Waals surface area contributed by atoms with E-state index < -0.39 is 6.10 Å². The zero-order valence-electron chi connectivity index (χ0n) is 54.9. The summed E-state index contributed by atoms with van der Waals surface area (Å²) >= 11 is 0. The lowest BCUT2D eigenvalue weighted by Crippen LogP contribution is -2.30. The fourth-order valence-electron chi connectivity index (χ4n) is 10.3. The van der Waals surface area contributed by atoms with Gasteiger partial charge < -0.3 is 14.2 Å². The average Bonchev–Trinajstić information content (AvgIpc) is 3.49. The predicted octanol–water partition coefficient (Wildman–Crippen LogP) is 24.8. The first kappa shape index (κ1) is 79.3. The maximum atomic E-state index is 12.9. The van der Waals surface area contributed by atoms with Crippen LogP contribution in [0.5, 0.6) is 0 Å². The molecule has 0 rings (SSSR count). The maximum absolute atomic E-state index is 12.9. The van der Waals surface area contributed by atoms with Crippen LogP contribution < -0.4 is 0 Å². The van der Waals surface area contributed by atoms with Crippen LogP contribution in [-0.2, 0) is 28.6 Å². The van der Waals surface area contributed by atoms with Crippen molar-refractivity contribution in [2.24, 2.45) is 0 Å². The van der Waals surface area contributed by atoms with Crippen LogP contribution >= 0.6 is 0 Å². The van der Waals surface area contributed by atoms with Gasteiger partial charge in [-0.3, -0.25) is 14.4 Å². The number of hydrogen-bond donors (Lipinski definition) is 0. The summed E-state index contributed by atoms with van der Waals surface area (Å²) in [6, 6.07) is 0. The summed E-state index contributed by atoms with van der Waals surface area (Å²) < 4.78 is 16.9. The molecule has 478 valence electrons. The highest BCUT2D eigenvalue weighted by molar-refractivity contribution is 5.71. The van der Waals surface area contributed by atoms with Crippen molar-refractivity contribution in [3.05, 3.63) is 97.2 Å². The van der Waals surface area contributed by atoms with E-state index in [2.05, 4.69) is 118 Å². The van der Waals surface area contributed by atoms with Crippen molar-refractivity contribution in [3.63, 3.8) is 0 Å². The molecule has 1 unspecified atom stereocenters. The van der Waals surface area contributed by atoms with Gasteiger partial charge >= 0.3 is 17.9 Å². The zero-order valence-corrected chi connectivity index (χ0v) is 54.9. The summed E-state index contributed by atoms with van der Waals surface area (Å²) in [5, 5.41) is 0. The molecule has 0 radical (unpaired) electrons. The Hall–Kier alpha value is -3.67. The number of ether oxygens (including phenoxy) is 3. The molecule has 6 heteroatoms. The highest BCUT2D eigenvalue weighted by atomic mass is 16.6. The molecule has 0 N–H and O–H groups in total. The predicted molar refractivity (Wildman–Crippen MR) is 362 cm³/mol. The van der Waals surface area contributed by atoms with Crippen LogP contribution in [-0.4, -0.2) is 37.2 Å². The Morgan fingerprint density at radius 3 is 0.735 bits per heavy atom. The Morgan fingerprint density at radius 2 is 0.470 bits per heavy atom. The van der Waals surface area contributed by atoms with E-state index in [4.69, 9.17) is 14.2 Å². The summed E-state index contributed by atoms with van der Waals surface area (Å²) in [6.07, 6.45) is 96.0. The topological polar surface area (TPSA) is 78.9 Å². The molecule has 0 aliphatic rings. The van der Waals surface area contributed by atoms with Crippen LogP contribution in [0.15, 0.2) is 97.2 Å². The van der Waals surface area contributed by atoms with E-state index in [0.29, 0.717) is 19.3 Å². The Kier molecular flexibility index (Phi) is 67.7. The van der Waals surface area contributed by atoms with Gasteiger partial charge in [0, 0.05) is 19.3 Å². The third-order valence-electron chi connectivity index (χ3n) is 15.6. The molecule has 0 aromatic heterocycles. The van der Waals surface area contributed by atoms with Crippen molar-refractivity contribution >= 4 is 17.9 Å². The van der Waals surface area contributed by atoms with Crippen molar-refractivity contribution < 1.29 is 28.6 Å². The molecule has 0 amide bonds. The molecule has 0 aliphatic carbocycles. The summed E-state index contributed by atoms with van der Waals surface area (Å²) in [7, 11) is 0. The highest BCUT2D eigenvalue weighted by Gasteiger charge is 2.19. The van der Waals surface area contributed by atoms with Gasteiger partial charge in [0.2, 0.25) is 0 Å². The van der Waals surface area contributed by atoms with Crippen molar-refractivity contribution in [2.45, 2.75) is 361 Å². The SMILES string of the molecule is CC/C=C\C/C=C\C/C=C\C/C=C\C/C=C\C/C=C\C/C=C\C/C=C\CCCCCCC(=O)OCC(COC(=O)CCCCCCCCCCC)OC(=O)CCCCCCCCCCCCCCCCCCCCCCCCCCCCC. The third kappa shape index (κ3) is 69.0. The fraction of sp³-hybridized carbons (Fsp3) is 0.753. The van der Waals surface area contributed by atoms with Crippen molar-refractivity contribution in [1.82, 2.24) is 0 Å². The Morgan fingerprint density at radius 1 is 0.253 bits per heavy atom. The first-order chi connectivity index (χ1) is 41.0. The molecule has 0 saturated heterocycles. The first-order valence-corrected chi connectivity index (χ1v) is 35.7. The molecule has 0 fully saturated rings. The minimum Gasteiger partial charge on any atom is -0.462 e. The van der Waals surface area contributed by atoms with Gasteiger partial charge in [0.15, 0.2) is 6.10 Å². The average molecular weight is 1160 g/mol. The molecule has 0 bridgehead atoms. The molecule has 0 saturated carbocycles. The van der Waals surface area contributed by atoms with Gasteiger partial charge in [0.1, 0.15) is 13.2 Å². The van der Waals surface area contributed by atoms with Crippen molar-refractivity contribution in [3.8, 4) is 0 Å². The third-order valence-corrected chi connectivity index (χ3v) is 15.6. The Labute approximate surface area is 515 Å². The lowest BCUT2D eigenvalue weighted by Gasteiger charge is -2.18. The van der Waals surface area contributed by atoms with E-state index in [1.807, 2.05) is 0 Å². The molecular formula is C77H134O6. The number of rotatable bonds is 65. The van der Waals surface area contributed by atoms with Gasteiger partial charge in [-0.2, -0.15) is 0 Å². The van der Waals surface area contributed by atoms with E-state index in [1.165, 1.54) is 193 Å². The highest BCUT2D eigenvalue weighted by Crippen LogP contribution is 2.18.